The van der Waals surface area contributed by atoms with Crippen LogP contribution in [0.4, 0.5) is 0 Å². The molecule has 2 heterocycles. The van der Waals surface area contributed by atoms with Crippen molar-refractivity contribution in [3.8, 4) is 0 Å². The lowest BCUT2D eigenvalue weighted by Crippen LogP contribution is -2.36. The Morgan fingerprint density at radius 2 is 1.68 bits per heavy atom. The van der Waals surface area contributed by atoms with Gasteiger partial charge in [0.1, 0.15) is 0 Å². The van der Waals surface area contributed by atoms with Gasteiger partial charge in [-0.05, 0) is 56.3 Å². The van der Waals surface area contributed by atoms with E-state index in [-0.39, 0.29) is 16.6 Å². The molecule has 4 fully saturated rings. The minimum absolute atomic E-state index is 0.113. The lowest BCUT2D eigenvalue weighted by atomic mass is 9.66. The third kappa shape index (κ3) is 3.48. The number of hydrogen-bond acceptors (Lipinski definition) is 3. The van der Waals surface area contributed by atoms with E-state index in [1.54, 1.807) is 4.31 Å². The third-order valence-corrected chi connectivity index (χ3v) is 9.41. The van der Waals surface area contributed by atoms with Crippen LogP contribution < -0.4 is 0 Å². The van der Waals surface area contributed by atoms with Crippen molar-refractivity contribution in [1.29, 1.82) is 0 Å². The maximum absolute atomic E-state index is 12.8. The first-order valence-corrected chi connectivity index (χ1v) is 11.8. The van der Waals surface area contributed by atoms with Crippen LogP contribution in [0.15, 0.2) is 0 Å². The topological polar surface area (TPSA) is 57.7 Å². The molecular formula is C19H32N2O3S. The average molecular weight is 369 g/mol. The van der Waals surface area contributed by atoms with Crippen molar-refractivity contribution in [3.63, 3.8) is 0 Å². The summed E-state index contributed by atoms with van der Waals surface area (Å²) >= 11 is 0. The van der Waals surface area contributed by atoms with E-state index in [9.17, 15) is 13.2 Å². The summed E-state index contributed by atoms with van der Waals surface area (Å²) in [6, 6.07) is 0. The first-order valence-electron chi connectivity index (χ1n) is 10.3. The zero-order valence-corrected chi connectivity index (χ0v) is 16.1. The number of carbonyl (C=O) groups excluding carboxylic acids is 1. The second-order valence-electron chi connectivity index (χ2n) is 8.78. The molecule has 5 nitrogen and oxygen atoms in total. The Hall–Kier alpha value is -0.620. The van der Waals surface area contributed by atoms with Gasteiger partial charge >= 0.3 is 0 Å². The van der Waals surface area contributed by atoms with Crippen molar-refractivity contribution in [3.05, 3.63) is 0 Å². The average Bonchev–Trinajstić information content (AvgIpc) is 3.22. The highest BCUT2D eigenvalue weighted by molar-refractivity contribution is 7.90. The monoisotopic (exact) mass is 368 g/mol. The van der Waals surface area contributed by atoms with Gasteiger partial charge in [-0.1, -0.05) is 19.3 Å². The van der Waals surface area contributed by atoms with Crippen molar-refractivity contribution in [1.82, 2.24) is 9.21 Å². The molecule has 0 aromatic heterocycles. The summed E-state index contributed by atoms with van der Waals surface area (Å²) in [5, 5.41) is -0.113. The van der Waals surface area contributed by atoms with Crippen molar-refractivity contribution in [2.45, 2.75) is 75.9 Å². The molecule has 4 rings (SSSR count). The molecule has 0 aromatic rings. The first-order chi connectivity index (χ1) is 12.0. The van der Waals surface area contributed by atoms with Gasteiger partial charge in [-0.2, -0.15) is 0 Å². The SMILES string of the molecule is O=C(CCC1CN(S(=O)(=O)C2CC2)CC12CCCCC2)N1CCCC1. The fraction of sp³-hybridized carbons (Fsp3) is 0.947. The number of carbonyl (C=O) groups is 1. The molecule has 0 bridgehead atoms. The van der Waals surface area contributed by atoms with Gasteiger partial charge in [-0.15, -0.1) is 0 Å². The number of rotatable bonds is 5. The van der Waals surface area contributed by atoms with Crippen molar-refractivity contribution in [2.24, 2.45) is 11.3 Å². The van der Waals surface area contributed by atoms with E-state index in [1.165, 1.54) is 19.3 Å². The smallest absolute Gasteiger partial charge is 0.222 e. The third-order valence-electron chi connectivity index (χ3n) is 7.10. The Morgan fingerprint density at radius 1 is 1.00 bits per heavy atom. The summed E-state index contributed by atoms with van der Waals surface area (Å²) in [5.41, 5.74) is 0.144. The van der Waals surface area contributed by atoms with E-state index in [1.807, 2.05) is 4.90 Å². The Bertz CT molecular complexity index is 602. The van der Waals surface area contributed by atoms with Crippen molar-refractivity contribution < 1.29 is 13.2 Å². The second-order valence-corrected chi connectivity index (χ2v) is 11.0. The van der Waals surface area contributed by atoms with Crippen molar-refractivity contribution in [2.75, 3.05) is 26.2 Å². The predicted octanol–water partition coefficient (Wildman–Crippen LogP) is 2.76. The summed E-state index contributed by atoms with van der Waals surface area (Å²) in [5.74, 6) is 0.653. The van der Waals surface area contributed by atoms with E-state index < -0.39 is 10.0 Å². The number of nitrogens with zero attached hydrogens (tertiary/aromatic N) is 2. The van der Waals surface area contributed by atoms with Gasteiger partial charge in [0.05, 0.1) is 5.25 Å². The maximum Gasteiger partial charge on any atom is 0.222 e. The van der Waals surface area contributed by atoms with E-state index in [0.717, 1.165) is 58.0 Å². The Kier molecular flexibility index (Phi) is 4.86. The molecule has 2 saturated heterocycles. The highest BCUT2D eigenvalue weighted by atomic mass is 32.2. The second kappa shape index (κ2) is 6.84. The molecule has 0 N–H and O–H groups in total. The van der Waals surface area contributed by atoms with Crippen LogP contribution in [0.5, 0.6) is 0 Å². The molecule has 1 atom stereocenters. The summed E-state index contributed by atoms with van der Waals surface area (Å²) < 4.78 is 27.3. The lowest BCUT2D eigenvalue weighted by molar-refractivity contribution is -0.130. The van der Waals surface area contributed by atoms with Crippen LogP contribution in [-0.2, 0) is 14.8 Å². The standard InChI is InChI=1S/C19H32N2O3S/c22-18(20-12-4-5-13-20)9-6-16-14-21(25(23,24)17-7-8-17)15-19(16)10-2-1-3-11-19/h16-17H,1-15H2. The lowest BCUT2D eigenvalue weighted by Gasteiger charge is -2.38. The van der Waals surface area contributed by atoms with Gasteiger partial charge in [0.25, 0.3) is 0 Å². The van der Waals surface area contributed by atoms with Crippen LogP contribution in [0.1, 0.15) is 70.6 Å². The van der Waals surface area contributed by atoms with Crippen LogP contribution >= 0.6 is 0 Å². The predicted molar refractivity (Wildman–Crippen MR) is 97.6 cm³/mol. The summed E-state index contributed by atoms with van der Waals surface area (Å²) in [4.78, 5) is 14.5. The van der Waals surface area contributed by atoms with Gasteiger partial charge in [0, 0.05) is 32.6 Å². The number of likely N-dealkylation sites (tertiary alicyclic amines) is 1. The Morgan fingerprint density at radius 3 is 2.32 bits per heavy atom. The van der Waals surface area contributed by atoms with E-state index in [0.29, 0.717) is 25.4 Å². The molecule has 1 unspecified atom stereocenters. The van der Waals surface area contributed by atoms with Gasteiger partial charge in [0.15, 0.2) is 0 Å². The number of amides is 1. The zero-order valence-electron chi connectivity index (χ0n) is 15.3. The number of sulfonamides is 1. The minimum Gasteiger partial charge on any atom is -0.343 e. The number of hydrogen-bond donors (Lipinski definition) is 0. The molecule has 4 aliphatic rings. The largest absolute Gasteiger partial charge is 0.343 e. The van der Waals surface area contributed by atoms with Gasteiger partial charge in [-0.25, -0.2) is 12.7 Å². The van der Waals surface area contributed by atoms with E-state index in [4.69, 9.17) is 0 Å². The Balaban J connectivity index is 1.44. The zero-order chi connectivity index (χ0) is 17.5. The van der Waals surface area contributed by atoms with Gasteiger partial charge < -0.3 is 4.90 Å². The molecule has 1 amide bonds. The first kappa shape index (κ1) is 17.8. The van der Waals surface area contributed by atoms with Crippen LogP contribution in [0, 0.1) is 11.3 Å². The van der Waals surface area contributed by atoms with Gasteiger partial charge in [0.2, 0.25) is 15.9 Å². The normalized spacial score (nSPS) is 30.2. The molecular weight excluding hydrogens is 336 g/mol. The molecule has 2 saturated carbocycles. The van der Waals surface area contributed by atoms with Crippen LogP contribution in [0.3, 0.4) is 0 Å². The van der Waals surface area contributed by atoms with Crippen LogP contribution in [0.2, 0.25) is 0 Å². The van der Waals surface area contributed by atoms with E-state index >= 15 is 0 Å². The molecule has 6 heteroatoms. The van der Waals surface area contributed by atoms with E-state index in [2.05, 4.69) is 0 Å². The molecule has 25 heavy (non-hydrogen) atoms. The summed E-state index contributed by atoms with van der Waals surface area (Å²) in [6.07, 6.45) is 11.4. The fourth-order valence-electron chi connectivity index (χ4n) is 5.40. The molecule has 0 aromatic carbocycles. The Labute approximate surface area is 152 Å². The molecule has 2 aliphatic carbocycles. The molecule has 142 valence electrons. The van der Waals surface area contributed by atoms with Crippen LogP contribution in [-0.4, -0.2) is 55.0 Å². The molecule has 2 aliphatic heterocycles. The summed E-state index contributed by atoms with van der Waals surface area (Å²) in [7, 11) is -3.09. The van der Waals surface area contributed by atoms with Gasteiger partial charge in [-0.3, -0.25) is 4.79 Å². The van der Waals surface area contributed by atoms with Crippen molar-refractivity contribution >= 4 is 15.9 Å². The quantitative estimate of drug-likeness (QED) is 0.750. The maximum atomic E-state index is 12.8. The molecule has 1 spiro atoms. The van der Waals surface area contributed by atoms with Crippen LogP contribution in [0.25, 0.3) is 0 Å². The highest BCUT2D eigenvalue weighted by Crippen LogP contribution is 2.51. The fourth-order valence-corrected chi connectivity index (χ4v) is 7.38. The minimum atomic E-state index is -3.09. The highest BCUT2D eigenvalue weighted by Gasteiger charge is 2.52. The summed E-state index contributed by atoms with van der Waals surface area (Å²) in [6.45, 7) is 3.20. The molecule has 0 radical (unpaired) electrons.